The van der Waals surface area contributed by atoms with E-state index >= 15 is 0 Å². The van der Waals surface area contributed by atoms with Gasteiger partial charge in [0, 0.05) is 0 Å². The van der Waals surface area contributed by atoms with Crippen molar-refractivity contribution in [3.05, 3.63) is 32.9 Å². The number of aliphatic hydroxyl groups excluding tert-OH is 1. The molecule has 0 bridgehead atoms. The molecule has 1 aromatic heterocycles. The average molecular weight is 230 g/mol. The maximum atomic E-state index is 13.0. The fourth-order valence-corrected chi connectivity index (χ4v) is 1.70. The van der Waals surface area contributed by atoms with Gasteiger partial charge in [-0.2, -0.15) is 4.39 Å². The van der Waals surface area contributed by atoms with Gasteiger partial charge in [0.05, 0.1) is 18.9 Å². The Balaban J connectivity index is 2.32. The normalized spacial score (nSPS) is 24.9. The van der Waals surface area contributed by atoms with E-state index in [9.17, 15) is 14.0 Å². The summed E-state index contributed by atoms with van der Waals surface area (Å²) in [6, 6.07) is 0. The van der Waals surface area contributed by atoms with Crippen molar-refractivity contribution in [1.82, 2.24) is 9.55 Å². The van der Waals surface area contributed by atoms with Crippen molar-refractivity contribution in [3.63, 3.8) is 0 Å². The standard InChI is InChI=1S/C9H11FN2O4/c10-6-3-12(9(15)11-8(6)14)7-2-1-5(4-13)16-7/h3,5,7,13H,1-2,4H2,(H,11,14,15)/t5?,7-/m1/s1. The van der Waals surface area contributed by atoms with E-state index in [1.54, 1.807) is 0 Å². The number of H-pyrrole nitrogens is 1. The van der Waals surface area contributed by atoms with Crippen LogP contribution in [0.4, 0.5) is 4.39 Å². The Morgan fingerprint density at radius 3 is 2.94 bits per heavy atom. The van der Waals surface area contributed by atoms with Crippen LogP contribution in [0.2, 0.25) is 0 Å². The van der Waals surface area contributed by atoms with Crippen molar-refractivity contribution in [2.75, 3.05) is 6.61 Å². The molecular formula is C9H11FN2O4. The summed E-state index contributed by atoms with van der Waals surface area (Å²) in [7, 11) is 0. The van der Waals surface area contributed by atoms with E-state index in [0.29, 0.717) is 12.8 Å². The van der Waals surface area contributed by atoms with Gasteiger partial charge < -0.3 is 9.84 Å². The lowest BCUT2D eigenvalue weighted by Gasteiger charge is -2.14. The lowest BCUT2D eigenvalue weighted by Crippen LogP contribution is -2.34. The number of halogens is 1. The molecule has 2 atom stereocenters. The summed E-state index contributed by atoms with van der Waals surface area (Å²) < 4.78 is 19.3. The topological polar surface area (TPSA) is 84.3 Å². The lowest BCUT2D eigenvalue weighted by atomic mass is 10.2. The molecule has 2 N–H and O–H groups in total. The third-order valence-corrected chi connectivity index (χ3v) is 2.52. The molecule has 0 aromatic carbocycles. The highest BCUT2D eigenvalue weighted by Crippen LogP contribution is 2.26. The molecule has 0 spiro atoms. The Bertz CT molecular complexity index is 495. The summed E-state index contributed by atoms with van der Waals surface area (Å²) >= 11 is 0. The van der Waals surface area contributed by atoms with Gasteiger partial charge in [-0.3, -0.25) is 14.3 Å². The van der Waals surface area contributed by atoms with Gasteiger partial charge in [-0.15, -0.1) is 0 Å². The minimum atomic E-state index is -1.04. The second-order valence-corrected chi connectivity index (χ2v) is 3.62. The number of ether oxygens (including phenoxy) is 1. The minimum absolute atomic E-state index is 0.142. The van der Waals surface area contributed by atoms with E-state index in [-0.39, 0.29) is 12.7 Å². The number of aromatic amines is 1. The maximum absolute atomic E-state index is 13.0. The Hall–Kier alpha value is -1.47. The number of rotatable bonds is 2. The smallest absolute Gasteiger partial charge is 0.330 e. The predicted molar refractivity (Wildman–Crippen MR) is 51.5 cm³/mol. The molecule has 88 valence electrons. The molecule has 2 rings (SSSR count). The summed E-state index contributed by atoms with van der Waals surface area (Å²) in [6.45, 7) is -0.142. The zero-order chi connectivity index (χ0) is 11.7. The third kappa shape index (κ3) is 1.91. The number of nitrogens with one attached hydrogen (secondary N) is 1. The van der Waals surface area contributed by atoms with Gasteiger partial charge in [0.15, 0.2) is 0 Å². The SMILES string of the molecule is O=c1[nH]c(=O)n([C@H]2CCC(CO)O2)cc1F. The molecule has 2 heterocycles. The third-order valence-electron chi connectivity index (χ3n) is 2.52. The molecule has 1 aliphatic rings. The van der Waals surface area contributed by atoms with Gasteiger partial charge >= 0.3 is 5.69 Å². The van der Waals surface area contributed by atoms with Crippen LogP contribution in [-0.2, 0) is 4.74 Å². The first-order valence-electron chi connectivity index (χ1n) is 4.89. The summed E-state index contributed by atoms with van der Waals surface area (Å²) in [5.41, 5.74) is -1.76. The quantitative estimate of drug-likeness (QED) is 0.706. The molecule has 0 radical (unpaired) electrons. The number of aliphatic hydroxyl groups is 1. The van der Waals surface area contributed by atoms with Gasteiger partial charge in [0.1, 0.15) is 6.23 Å². The van der Waals surface area contributed by atoms with Crippen LogP contribution in [0, 0.1) is 5.82 Å². The van der Waals surface area contributed by atoms with Crippen molar-refractivity contribution in [3.8, 4) is 0 Å². The van der Waals surface area contributed by atoms with Crippen LogP contribution in [0.25, 0.3) is 0 Å². The van der Waals surface area contributed by atoms with Crippen molar-refractivity contribution in [2.24, 2.45) is 0 Å². The summed E-state index contributed by atoms with van der Waals surface area (Å²) in [6.07, 6.45) is 0.944. The largest absolute Gasteiger partial charge is 0.394 e. The van der Waals surface area contributed by atoms with E-state index in [2.05, 4.69) is 0 Å². The van der Waals surface area contributed by atoms with Crippen molar-refractivity contribution >= 4 is 0 Å². The molecule has 1 saturated heterocycles. The van der Waals surface area contributed by atoms with E-state index < -0.39 is 23.3 Å². The van der Waals surface area contributed by atoms with E-state index in [1.807, 2.05) is 4.98 Å². The van der Waals surface area contributed by atoms with E-state index in [1.165, 1.54) is 0 Å². The first kappa shape index (κ1) is 11.0. The second-order valence-electron chi connectivity index (χ2n) is 3.62. The first-order chi connectivity index (χ1) is 7.61. The van der Waals surface area contributed by atoms with Crippen molar-refractivity contribution in [2.45, 2.75) is 25.2 Å². The van der Waals surface area contributed by atoms with Gasteiger partial charge in [-0.25, -0.2) is 4.79 Å². The Labute approximate surface area is 89.3 Å². The fourth-order valence-electron chi connectivity index (χ4n) is 1.70. The molecule has 1 fully saturated rings. The van der Waals surface area contributed by atoms with Crippen molar-refractivity contribution in [1.29, 1.82) is 0 Å². The first-order valence-corrected chi connectivity index (χ1v) is 4.89. The van der Waals surface area contributed by atoms with Crippen LogP contribution in [0.15, 0.2) is 15.8 Å². The average Bonchev–Trinajstić information content (AvgIpc) is 2.71. The maximum Gasteiger partial charge on any atom is 0.330 e. The van der Waals surface area contributed by atoms with Crippen LogP contribution >= 0.6 is 0 Å². The minimum Gasteiger partial charge on any atom is -0.394 e. The molecule has 0 amide bonds. The predicted octanol–water partition coefficient (Wildman–Crippen LogP) is -0.654. The molecule has 6 nitrogen and oxygen atoms in total. The van der Waals surface area contributed by atoms with Crippen LogP contribution < -0.4 is 11.2 Å². The monoisotopic (exact) mass is 230 g/mol. The highest BCUT2D eigenvalue weighted by Gasteiger charge is 2.27. The number of hydrogen-bond donors (Lipinski definition) is 2. The van der Waals surface area contributed by atoms with Crippen LogP contribution in [-0.4, -0.2) is 27.4 Å². The summed E-state index contributed by atoms with van der Waals surface area (Å²) in [4.78, 5) is 24.0. The molecular weight excluding hydrogens is 219 g/mol. The highest BCUT2D eigenvalue weighted by atomic mass is 19.1. The molecule has 7 heteroatoms. The van der Waals surface area contributed by atoms with Crippen LogP contribution in [0.3, 0.4) is 0 Å². The molecule has 1 unspecified atom stereocenters. The summed E-state index contributed by atoms with van der Waals surface area (Å²) in [5.74, 6) is -1.03. The second kappa shape index (κ2) is 4.18. The van der Waals surface area contributed by atoms with Crippen molar-refractivity contribution < 1.29 is 14.2 Å². The number of hydrogen-bond acceptors (Lipinski definition) is 4. The Kier molecular flexibility index (Phi) is 2.88. The van der Waals surface area contributed by atoms with Crippen LogP contribution in [0.1, 0.15) is 19.1 Å². The zero-order valence-electron chi connectivity index (χ0n) is 8.35. The molecule has 1 aromatic rings. The Morgan fingerprint density at radius 1 is 1.56 bits per heavy atom. The van der Waals surface area contributed by atoms with E-state index in [0.717, 1.165) is 10.8 Å². The highest BCUT2D eigenvalue weighted by molar-refractivity contribution is 4.89. The lowest BCUT2D eigenvalue weighted by molar-refractivity contribution is -0.0250. The van der Waals surface area contributed by atoms with Gasteiger partial charge in [-0.1, -0.05) is 0 Å². The summed E-state index contributed by atoms with van der Waals surface area (Å²) in [5, 5.41) is 8.85. The van der Waals surface area contributed by atoms with Gasteiger partial charge in [-0.05, 0) is 12.8 Å². The molecule has 16 heavy (non-hydrogen) atoms. The van der Waals surface area contributed by atoms with Gasteiger partial charge in [0.2, 0.25) is 5.82 Å². The number of nitrogens with zero attached hydrogens (tertiary/aromatic N) is 1. The Morgan fingerprint density at radius 2 is 2.31 bits per heavy atom. The zero-order valence-corrected chi connectivity index (χ0v) is 8.35. The fraction of sp³-hybridized carbons (Fsp3) is 0.556. The number of aromatic nitrogens is 2. The molecule has 1 aliphatic heterocycles. The molecule has 0 saturated carbocycles. The van der Waals surface area contributed by atoms with E-state index in [4.69, 9.17) is 9.84 Å². The molecule has 0 aliphatic carbocycles. The van der Waals surface area contributed by atoms with Crippen LogP contribution in [0.5, 0.6) is 0 Å². The van der Waals surface area contributed by atoms with Gasteiger partial charge in [0.25, 0.3) is 5.56 Å².